The normalized spacial score (nSPS) is 24.9. The minimum Gasteiger partial charge on any atom is -0.381 e. The Kier molecular flexibility index (Phi) is 6.08. The van der Waals surface area contributed by atoms with Gasteiger partial charge in [0.15, 0.2) is 0 Å². The highest BCUT2D eigenvalue weighted by Gasteiger charge is 2.35. The van der Waals surface area contributed by atoms with Gasteiger partial charge in [-0.25, -0.2) is 8.42 Å². The van der Waals surface area contributed by atoms with Crippen LogP contribution in [0.15, 0.2) is 0 Å². The second-order valence-electron chi connectivity index (χ2n) is 5.81. The molecule has 4 nitrogen and oxygen atoms in total. The molecule has 0 aromatic heterocycles. The van der Waals surface area contributed by atoms with Crippen molar-refractivity contribution in [3.63, 3.8) is 0 Å². The number of hydrogen-bond donors (Lipinski definition) is 1. The zero-order chi connectivity index (χ0) is 13.6. The van der Waals surface area contributed by atoms with Crippen LogP contribution in [0.2, 0.25) is 0 Å². The Labute approximate surface area is 111 Å². The third-order valence-corrected chi connectivity index (χ3v) is 5.33. The lowest BCUT2D eigenvalue weighted by molar-refractivity contribution is 0.147. The third kappa shape index (κ3) is 5.24. The van der Waals surface area contributed by atoms with E-state index in [9.17, 15) is 8.42 Å². The smallest absolute Gasteiger partial charge is 0.150 e. The molecule has 0 aliphatic carbocycles. The van der Waals surface area contributed by atoms with E-state index in [-0.39, 0.29) is 16.9 Å². The van der Waals surface area contributed by atoms with Gasteiger partial charge in [-0.05, 0) is 25.3 Å². The summed E-state index contributed by atoms with van der Waals surface area (Å²) in [7, 11) is -2.87. The summed E-state index contributed by atoms with van der Waals surface area (Å²) in [4.78, 5) is 0. The first-order valence-corrected chi connectivity index (χ1v) is 8.70. The summed E-state index contributed by atoms with van der Waals surface area (Å²) in [5.74, 6) is 1.14. The van der Waals surface area contributed by atoms with E-state index >= 15 is 0 Å². The van der Waals surface area contributed by atoms with Crippen molar-refractivity contribution in [3.05, 3.63) is 0 Å². The molecule has 0 bridgehead atoms. The maximum Gasteiger partial charge on any atom is 0.150 e. The lowest BCUT2D eigenvalue weighted by atomic mass is 9.84. The van der Waals surface area contributed by atoms with Crippen molar-refractivity contribution in [2.75, 3.05) is 37.8 Å². The molecule has 0 radical (unpaired) electrons. The van der Waals surface area contributed by atoms with Gasteiger partial charge in [-0.3, -0.25) is 0 Å². The first-order valence-electron chi connectivity index (χ1n) is 6.88. The van der Waals surface area contributed by atoms with E-state index in [4.69, 9.17) is 4.74 Å². The SMILES string of the molecule is CCS(=O)(=O)CCC1(CNCC(C)C)CCOC1. The van der Waals surface area contributed by atoms with Crippen LogP contribution in [0.4, 0.5) is 0 Å². The van der Waals surface area contributed by atoms with Crippen LogP contribution >= 0.6 is 0 Å². The topological polar surface area (TPSA) is 55.4 Å². The Bertz CT molecular complexity index is 332. The predicted octanol–water partition coefficient (Wildman–Crippen LogP) is 1.46. The van der Waals surface area contributed by atoms with Crippen molar-refractivity contribution >= 4 is 9.84 Å². The van der Waals surface area contributed by atoms with E-state index in [1.165, 1.54) is 0 Å². The Hall–Kier alpha value is -0.130. The van der Waals surface area contributed by atoms with Gasteiger partial charge in [0.25, 0.3) is 0 Å². The largest absolute Gasteiger partial charge is 0.381 e. The molecule has 0 spiro atoms. The van der Waals surface area contributed by atoms with Crippen molar-refractivity contribution in [1.29, 1.82) is 0 Å². The van der Waals surface area contributed by atoms with Crippen molar-refractivity contribution < 1.29 is 13.2 Å². The van der Waals surface area contributed by atoms with E-state index in [1.54, 1.807) is 6.92 Å². The average Bonchev–Trinajstić information content (AvgIpc) is 2.76. The summed E-state index contributed by atoms with van der Waals surface area (Å²) in [6, 6.07) is 0. The summed E-state index contributed by atoms with van der Waals surface area (Å²) in [6.45, 7) is 9.35. The third-order valence-electron chi connectivity index (χ3n) is 3.62. The quantitative estimate of drug-likeness (QED) is 0.730. The van der Waals surface area contributed by atoms with E-state index in [1.807, 2.05) is 0 Å². The van der Waals surface area contributed by atoms with Gasteiger partial charge in [0.1, 0.15) is 9.84 Å². The van der Waals surface area contributed by atoms with Gasteiger partial charge in [0, 0.05) is 24.3 Å². The molecule has 1 aliphatic heterocycles. The molecule has 18 heavy (non-hydrogen) atoms. The zero-order valence-electron chi connectivity index (χ0n) is 11.9. The highest BCUT2D eigenvalue weighted by molar-refractivity contribution is 7.91. The van der Waals surface area contributed by atoms with Crippen LogP contribution in [0.25, 0.3) is 0 Å². The molecule has 0 amide bonds. The first kappa shape index (κ1) is 15.9. The van der Waals surface area contributed by atoms with Crippen LogP contribution in [0.1, 0.15) is 33.6 Å². The van der Waals surface area contributed by atoms with Gasteiger partial charge in [-0.2, -0.15) is 0 Å². The highest BCUT2D eigenvalue weighted by atomic mass is 32.2. The molecule has 0 aromatic rings. The highest BCUT2D eigenvalue weighted by Crippen LogP contribution is 2.32. The van der Waals surface area contributed by atoms with Crippen LogP contribution in [-0.2, 0) is 14.6 Å². The Morgan fingerprint density at radius 1 is 1.39 bits per heavy atom. The maximum absolute atomic E-state index is 11.6. The fraction of sp³-hybridized carbons (Fsp3) is 1.00. The van der Waals surface area contributed by atoms with Crippen LogP contribution in [0, 0.1) is 11.3 Å². The molecule has 5 heteroatoms. The molecular formula is C13H27NO3S. The van der Waals surface area contributed by atoms with E-state index < -0.39 is 9.84 Å². The molecular weight excluding hydrogens is 250 g/mol. The molecule has 1 saturated heterocycles. The predicted molar refractivity (Wildman–Crippen MR) is 74.5 cm³/mol. The molecule has 1 atom stereocenters. The minimum absolute atomic E-state index is 0.0249. The summed E-state index contributed by atoms with van der Waals surface area (Å²) in [6.07, 6.45) is 1.69. The Morgan fingerprint density at radius 3 is 2.61 bits per heavy atom. The second-order valence-corrected chi connectivity index (χ2v) is 8.29. The van der Waals surface area contributed by atoms with Crippen LogP contribution < -0.4 is 5.32 Å². The lowest BCUT2D eigenvalue weighted by Gasteiger charge is -2.28. The van der Waals surface area contributed by atoms with E-state index in [2.05, 4.69) is 19.2 Å². The average molecular weight is 277 g/mol. The minimum atomic E-state index is -2.87. The van der Waals surface area contributed by atoms with Crippen LogP contribution in [0.3, 0.4) is 0 Å². The number of ether oxygens (including phenoxy) is 1. The molecule has 1 N–H and O–H groups in total. The van der Waals surface area contributed by atoms with Crippen molar-refractivity contribution in [2.45, 2.75) is 33.6 Å². The summed E-state index contributed by atoms with van der Waals surface area (Å²) < 4.78 is 28.7. The van der Waals surface area contributed by atoms with Crippen molar-refractivity contribution in [1.82, 2.24) is 5.32 Å². The molecule has 1 rings (SSSR count). The van der Waals surface area contributed by atoms with Gasteiger partial charge in [0.2, 0.25) is 0 Å². The Balaban J connectivity index is 2.47. The van der Waals surface area contributed by atoms with Gasteiger partial charge in [-0.1, -0.05) is 20.8 Å². The van der Waals surface area contributed by atoms with E-state index in [0.717, 1.165) is 26.1 Å². The van der Waals surface area contributed by atoms with Gasteiger partial charge < -0.3 is 10.1 Å². The van der Waals surface area contributed by atoms with Gasteiger partial charge >= 0.3 is 0 Å². The fourth-order valence-corrected chi connectivity index (χ4v) is 3.25. The summed E-state index contributed by atoms with van der Waals surface area (Å²) >= 11 is 0. The van der Waals surface area contributed by atoms with Crippen LogP contribution in [-0.4, -0.2) is 46.2 Å². The van der Waals surface area contributed by atoms with Gasteiger partial charge in [0.05, 0.1) is 12.4 Å². The summed E-state index contributed by atoms with van der Waals surface area (Å²) in [5, 5.41) is 3.45. The lowest BCUT2D eigenvalue weighted by Crippen LogP contribution is -2.38. The first-order chi connectivity index (χ1) is 8.39. The van der Waals surface area contributed by atoms with Gasteiger partial charge in [-0.15, -0.1) is 0 Å². The number of sulfone groups is 1. The Morgan fingerprint density at radius 2 is 2.11 bits per heavy atom. The fourth-order valence-electron chi connectivity index (χ4n) is 2.22. The standard InChI is InChI=1S/C13H27NO3S/c1-4-18(15,16)8-6-13(5-7-17-11-13)10-14-9-12(2)3/h12,14H,4-11H2,1-3H3. The monoisotopic (exact) mass is 277 g/mol. The number of rotatable bonds is 8. The molecule has 1 unspecified atom stereocenters. The molecule has 1 heterocycles. The van der Waals surface area contributed by atoms with Crippen molar-refractivity contribution in [2.24, 2.45) is 11.3 Å². The molecule has 0 saturated carbocycles. The number of hydrogen-bond acceptors (Lipinski definition) is 4. The molecule has 1 aliphatic rings. The maximum atomic E-state index is 11.6. The number of nitrogens with one attached hydrogen (secondary N) is 1. The molecule has 1 fully saturated rings. The summed E-state index contributed by atoms with van der Waals surface area (Å²) in [5.41, 5.74) is 0.0249. The van der Waals surface area contributed by atoms with Crippen LogP contribution in [0.5, 0.6) is 0 Å². The van der Waals surface area contributed by atoms with E-state index in [0.29, 0.717) is 18.9 Å². The zero-order valence-corrected chi connectivity index (χ0v) is 12.7. The molecule has 108 valence electrons. The van der Waals surface area contributed by atoms with Crippen molar-refractivity contribution in [3.8, 4) is 0 Å². The molecule has 0 aromatic carbocycles. The second kappa shape index (κ2) is 6.87.